The van der Waals surface area contributed by atoms with Gasteiger partial charge in [0, 0.05) is 3.57 Å². The van der Waals surface area contributed by atoms with E-state index in [4.69, 9.17) is 4.74 Å². The van der Waals surface area contributed by atoms with Gasteiger partial charge in [-0.25, -0.2) is 0 Å². The van der Waals surface area contributed by atoms with E-state index in [0.29, 0.717) is 0 Å². The van der Waals surface area contributed by atoms with Crippen molar-refractivity contribution in [2.45, 2.75) is 20.8 Å². The van der Waals surface area contributed by atoms with E-state index in [1.807, 2.05) is 6.07 Å². The molecule has 0 fully saturated rings. The van der Waals surface area contributed by atoms with Gasteiger partial charge in [-0.3, -0.25) is 0 Å². The van der Waals surface area contributed by atoms with Crippen molar-refractivity contribution < 1.29 is 4.74 Å². The Hall–Kier alpha value is -1.03. The van der Waals surface area contributed by atoms with Crippen molar-refractivity contribution in [3.05, 3.63) is 50.6 Å². The van der Waals surface area contributed by atoms with Crippen LogP contribution in [0.1, 0.15) is 16.7 Å². The Morgan fingerprint density at radius 3 is 2.17 bits per heavy atom. The van der Waals surface area contributed by atoms with Crippen molar-refractivity contribution in [1.29, 1.82) is 0 Å². The summed E-state index contributed by atoms with van der Waals surface area (Å²) in [5.41, 5.74) is 6.52. The minimum atomic E-state index is 0.906. The number of methoxy groups -OCH3 is 1. The first-order chi connectivity index (χ1) is 8.52. The normalized spacial score (nSPS) is 10.5. The SMILES string of the molecule is COc1ccc(I)c(-c2cc(C)c(C)cc2C)c1. The Morgan fingerprint density at radius 1 is 0.833 bits per heavy atom. The Kier molecular flexibility index (Phi) is 3.95. The number of aryl methyl sites for hydroxylation is 3. The fourth-order valence-corrected chi connectivity index (χ4v) is 2.71. The van der Waals surface area contributed by atoms with E-state index in [1.54, 1.807) is 7.11 Å². The summed E-state index contributed by atoms with van der Waals surface area (Å²) in [4.78, 5) is 0. The molecule has 0 aliphatic rings. The third-order valence-corrected chi connectivity index (χ3v) is 4.25. The summed E-state index contributed by atoms with van der Waals surface area (Å²) >= 11 is 2.38. The molecule has 0 aliphatic heterocycles. The smallest absolute Gasteiger partial charge is 0.119 e. The van der Waals surface area contributed by atoms with Crippen LogP contribution in [0, 0.1) is 24.3 Å². The van der Waals surface area contributed by atoms with Gasteiger partial charge >= 0.3 is 0 Å². The summed E-state index contributed by atoms with van der Waals surface area (Å²) in [5, 5.41) is 0. The number of benzene rings is 2. The lowest BCUT2D eigenvalue weighted by molar-refractivity contribution is 0.415. The Labute approximate surface area is 122 Å². The van der Waals surface area contributed by atoms with Gasteiger partial charge in [0.2, 0.25) is 0 Å². The standard InChI is InChI=1S/C16H17IO/c1-10-7-12(3)14(8-11(10)2)15-9-13(18-4)5-6-16(15)17/h5-9H,1-4H3. The highest BCUT2D eigenvalue weighted by Crippen LogP contribution is 2.32. The average Bonchev–Trinajstić information content (AvgIpc) is 2.35. The highest BCUT2D eigenvalue weighted by atomic mass is 127. The topological polar surface area (TPSA) is 9.23 Å². The summed E-state index contributed by atoms with van der Waals surface area (Å²) in [5.74, 6) is 0.906. The minimum Gasteiger partial charge on any atom is -0.497 e. The van der Waals surface area contributed by atoms with Gasteiger partial charge in [-0.2, -0.15) is 0 Å². The first kappa shape index (κ1) is 13.4. The molecule has 1 nitrogen and oxygen atoms in total. The van der Waals surface area contributed by atoms with Crippen molar-refractivity contribution in [3.8, 4) is 16.9 Å². The maximum atomic E-state index is 5.32. The lowest BCUT2D eigenvalue weighted by Gasteiger charge is -2.13. The van der Waals surface area contributed by atoms with Crippen molar-refractivity contribution in [2.24, 2.45) is 0 Å². The fraction of sp³-hybridized carbons (Fsp3) is 0.250. The third kappa shape index (κ3) is 2.53. The molecule has 0 N–H and O–H groups in total. The number of ether oxygens (including phenoxy) is 1. The van der Waals surface area contributed by atoms with Gasteiger partial charge in [0.05, 0.1) is 7.11 Å². The van der Waals surface area contributed by atoms with Gasteiger partial charge in [0.15, 0.2) is 0 Å². The lowest BCUT2D eigenvalue weighted by atomic mass is 9.95. The highest BCUT2D eigenvalue weighted by Gasteiger charge is 2.09. The number of hydrogen-bond acceptors (Lipinski definition) is 1. The summed E-state index contributed by atoms with van der Waals surface area (Å²) in [7, 11) is 1.71. The Bertz CT molecular complexity index is 588. The van der Waals surface area contributed by atoms with Gasteiger partial charge in [-0.1, -0.05) is 12.1 Å². The maximum absolute atomic E-state index is 5.32. The lowest BCUT2D eigenvalue weighted by Crippen LogP contribution is -1.92. The molecule has 94 valence electrons. The van der Waals surface area contributed by atoms with Gasteiger partial charge in [0.1, 0.15) is 5.75 Å². The molecule has 0 spiro atoms. The van der Waals surface area contributed by atoms with Crippen LogP contribution in [0.5, 0.6) is 5.75 Å². The van der Waals surface area contributed by atoms with E-state index < -0.39 is 0 Å². The zero-order valence-electron chi connectivity index (χ0n) is 11.2. The van der Waals surface area contributed by atoms with E-state index in [1.165, 1.54) is 31.4 Å². The largest absolute Gasteiger partial charge is 0.497 e. The molecule has 2 aromatic rings. The van der Waals surface area contributed by atoms with Crippen LogP contribution >= 0.6 is 22.6 Å². The average molecular weight is 352 g/mol. The molecule has 0 bridgehead atoms. The highest BCUT2D eigenvalue weighted by molar-refractivity contribution is 14.1. The van der Waals surface area contributed by atoms with E-state index in [-0.39, 0.29) is 0 Å². The van der Waals surface area contributed by atoms with E-state index in [9.17, 15) is 0 Å². The molecule has 0 saturated carbocycles. The van der Waals surface area contributed by atoms with Crippen LogP contribution in [0.4, 0.5) is 0 Å². The molecule has 0 amide bonds. The minimum absolute atomic E-state index is 0.906. The van der Waals surface area contributed by atoms with Crippen molar-refractivity contribution in [1.82, 2.24) is 0 Å². The van der Waals surface area contributed by atoms with Crippen molar-refractivity contribution in [2.75, 3.05) is 7.11 Å². The molecule has 2 heteroatoms. The molecule has 0 radical (unpaired) electrons. The monoisotopic (exact) mass is 352 g/mol. The molecule has 2 rings (SSSR count). The van der Waals surface area contributed by atoms with Crippen LogP contribution in [-0.2, 0) is 0 Å². The number of hydrogen-bond donors (Lipinski definition) is 0. The predicted octanol–water partition coefficient (Wildman–Crippen LogP) is 4.89. The van der Waals surface area contributed by atoms with Gasteiger partial charge < -0.3 is 4.74 Å². The molecule has 0 aliphatic carbocycles. The second kappa shape index (κ2) is 5.31. The molecule has 0 unspecified atom stereocenters. The molecular formula is C16H17IO. The van der Waals surface area contributed by atoms with E-state index >= 15 is 0 Å². The zero-order chi connectivity index (χ0) is 13.3. The summed E-state index contributed by atoms with van der Waals surface area (Å²) in [6, 6.07) is 10.7. The second-order valence-electron chi connectivity index (χ2n) is 4.60. The van der Waals surface area contributed by atoms with Crippen LogP contribution in [0.2, 0.25) is 0 Å². The Morgan fingerprint density at radius 2 is 1.50 bits per heavy atom. The van der Waals surface area contributed by atoms with E-state index in [2.05, 4.69) is 67.6 Å². The molecule has 18 heavy (non-hydrogen) atoms. The van der Waals surface area contributed by atoms with Crippen molar-refractivity contribution in [3.63, 3.8) is 0 Å². The third-order valence-electron chi connectivity index (χ3n) is 3.30. The molecular weight excluding hydrogens is 335 g/mol. The van der Waals surface area contributed by atoms with Crippen molar-refractivity contribution >= 4 is 22.6 Å². The molecule has 0 saturated heterocycles. The van der Waals surface area contributed by atoms with Gasteiger partial charge in [-0.05, 0) is 89.4 Å². The first-order valence-electron chi connectivity index (χ1n) is 5.94. The van der Waals surface area contributed by atoms with Crippen LogP contribution in [0.25, 0.3) is 11.1 Å². The summed E-state index contributed by atoms with van der Waals surface area (Å²) < 4.78 is 6.57. The van der Waals surface area contributed by atoms with Crippen LogP contribution in [-0.4, -0.2) is 7.11 Å². The van der Waals surface area contributed by atoms with Crippen LogP contribution in [0.3, 0.4) is 0 Å². The fourth-order valence-electron chi connectivity index (χ4n) is 2.09. The van der Waals surface area contributed by atoms with Gasteiger partial charge in [-0.15, -0.1) is 0 Å². The van der Waals surface area contributed by atoms with Gasteiger partial charge in [0.25, 0.3) is 0 Å². The predicted molar refractivity (Wildman–Crippen MR) is 85.4 cm³/mol. The number of halogens is 1. The van der Waals surface area contributed by atoms with Crippen LogP contribution < -0.4 is 4.74 Å². The zero-order valence-corrected chi connectivity index (χ0v) is 13.3. The second-order valence-corrected chi connectivity index (χ2v) is 5.76. The Balaban J connectivity index is 2.64. The summed E-state index contributed by atoms with van der Waals surface area (Å²) in [6.07, 6.45) is 0. The molecule has 0 aromatic heterocycles. The quantitative estimate of drug-likeness (QED) is 0.699. The van der Waals surface area contributed by atoms with E-state index in [0.717, 1.165) is 5.75 Å². The first-order valence-corrected chi connectivity index (χ1v) is 7.02. The maximum Gasteiger partial charge on any atom is 0.119 e. The molecule has 2 aromatic carbocycles. The van der Waals surface area contributed by atoms with Crippen LogP contribution in [0.15, 0.2) is 30.3 Å². The summed E-state index contributed by atoms with van der Waals surface area (Å²) in [6.45, 7) is 6.48. The molecule has 0 heterocycles. The number of rotatable bonds is 2. The molecule has 0 atom stereocenters.